The van der Waals surface area contributed by atoms with E-state index < -0.39 is 0 Å². The molecule has 0 aliphatic rings. The summed E-state index contributed by atoms with van der Waals surface area (Å²) >= 11 is 0. The molecule has 0 bridgehead atoms. The average molecular weight is 280 g/mol. The minimum atomic E-state index is -0.221. The number of ether oxygens (including phenoxy) is 1. The van der Waals surface area contributed by atoms with Gasteiger partial charge in [-0.3, -0.25) is 4.79 Å². The van der Waals surface area contributed by atoms with Crippen LogP contribution in [-0.4, -0.2) is 55.6 Å². The van der Waals surface area contributed by atoms with E-state index in [9.17, 15) is 4.79 Å². The first kappa shape index (κ1) is 15.8. The van der Waals surface area contributed by atoms with Crippen LogP contribution >= 0.6 is 0 Å². The summed E-state index contributed by atoms with van der Waals surface area (Å²) in [6.07, 6.45) is 0. The maximum Gasteiger partial charge on any atom is 0.257 e. The van der Waals surface area contributed by atoms with Gasteiger partial charge < -0.3 is 25.9 Å². The minimum Gasteiger partial charge on any atom is -0.483 e. The van der Waals surface area contributed by atoms with Crippen molar-refractivity contribution in [3.05, 3.63) is 29.8 Å². The first-order valence-electron chi connectivity index (χ1n) is 6.15. The molecule has 0 saturated heterocycles. The maximum absolute atomic E-state index is 11.6. The van der Waals surface area contributed by atoms with Crippen LogP contribution in [0.3, 0.4) is 0 Å². The highest BCUT2D eigenvalue weighted by Gasteiger charge is 2.09. The van der Waals surface area contributed by atoms with Gasteiger partial charge in [-0.1, -0.05) is 17.3 Å². The lowest BCUT2D eigenvalue weighted by Gasteiger charge is -2.12. The zero-order chi connectivity index (χ0) is 15.0. The Bertz CT molecular complexity index is 474. The fraction of sp³-hybridized carbons (Fsp3) is 0.385. The number of nitrogens with zero attached hydrogens (tertiary/aromatic N) is 2. The number of amidine groups is 1. The normalized spacial score (nSPS) is 11.4. The van der Waals surface area contributed by atoms with E-state index in [1.807, 2.05) is 19.0 Å². The summed E-state index contributed by atoms with van der Waals surface area (Å²) in [6.45, 7) is 1.19. The zero-order valence-electron chi connectivity index (χ0n) is 11.7. The highest BCUT2D eigenvalue weighted by atomic mass is 16.5. The van der Waals surface area contributed by atoms with E-state index >= 15 is 0 Å². The largest absolute Gasteiger partial charge is 0.483 e. The van der Waals surface area contributed by atoms with Gasteiger partial charge in [0.2, 0.25) is 0 Å². The molecule has 110 valence electrons. The highest BCUT2D eigenvalue weighted by molar-refractivity contribution is 5.99. The monoisotopic (exact) mass is 280 g/mol. The third kappa shape index (κ3) is 5.15. The van der Waals surface area contributed by atoms with E-state index in [1.54, 1.807) is 24.3 Å². The molecule has 0 radical (unpaired) electrons. The number of likely N-dealkylation sites (N-methyl/N-ethyl adjacent to an activating group) is 1. The molecule has 0 atom stereocenters. The maximum atomic E-state index is 11.6. The lowest BCUT2D eigenvalue weighted by Crippen LogP contribution is -2.34. The van der Waals surface area contributed by atoms with Gasteiger partial charge in [0.25, 0.3) is 5.91 Å². The predicted molar refractivity (Wildman–Crippen MR) is 76.0 cm³/mol. The van der Waals surface area contributed by atoms with Crippen molar-refractivity contribution in [2.24, 2.45) is 10.9 Å². The second-order valence-electron chi connectivity index (χ2n) is 4.42. The van der Waals surface area contributed by atoms with Crippen LogP contribution in [0.5, 0.6) is 5.75 Å². The number of nitrogens with two attached hydrogens (primary N) is 1. The Morgan fingerprint density at radius 2 is 2.15 bits per heavy atom. The van der Waals surface area contributed by atoms with Crippen LogP contribution in [0.25, 0.3) is 0 Å². The summed E-state index contributed by atoms with van der Waals surface area (Å²) in [6, 6.07) is 6.78. The quantitative estimate of drug-likeness (QED) is 0.279. The summed E-state index contributed by atoms with van der Waals surface area (Å²) in [5.41, 5.74) is 5.97. The number of amides is 1. The van der Waals surface area contributed by atoms with Crippen LogP contribution in [0.15, 0.2) is 29.4 Å². The molecule has 7 heteroatoms. The van der Waals surface area contributed by atoms with Crippen molar-refractivity contribution >= 4 is 11.7 Å². The van der Waals surface area contributed by atoms with Crippen molar-refractivity contribution in [2.45, 2.75) is 0 Å². The van der Waals surface area contributed by atoms with Crippen LogP contribution in [0.1, 0.15) is 5.56 Å². The molecule has 1 amide bonds. The SMILES string of the molecule is CN(C)CCNC(=O)COc1ccccc1/C(N)=N/O. The summed E-state index contributed by atoms with van der Waals surface area (Å²) in [5.74, 6) is 0.111. The Labute approximate surface area is 118 Å². The Kier molecular flexibility index (Phi) is 6.31. The van der Waals surface area contributed by atoms with Crippen molar-refractivity contribution in [2.75, 3.05) is 33.8 Å². The van der Waals surface area contributed by atoms with Gasteiger partial charge in [-0.25, -0.2) is 0 Å². The first-order chi connectivity index (χ1) is 9.54. The second kappa shape index (κ2) is 8.00. The molecule has 1 aromatic carbocycles. The molecule has 20 heavy (non-hydrogen) atoms. The second-order valence-corrected chi connectivity index (χ2v) is 4.42. The number of carbonyl (C=O) groups is 1. The Balaban J connectivity index is 2.51. The highest BCUT2D eigenvalue weighted by Crippen LogP contribution is 2.17. The Morgan fingerprint density at radius 3 is 2.80 bits per heavy atom. The van der Waals surface area contributed by atoms with Crippen molar-refractivity contribution in [1.29, 1.82) is 0 Å². The van der Waals surface area contributed by atoms with E-state index in [0.717, 1.165) is 6.54 Å². The predicted octanol–water partition coefficient (Wildman–Crippen LogP) is -0.162. The summed E-state index contributed by atoms with van der Waals surface area (Å²) in [4.78, 5) is 13.6. The van der Waals surface area contributed by atoms with Gasteiger partial charge in [0.05, 0.1) is 5.56 Å². The number of hydrogen-bond acceptors (Lipinski definition) is 5. The summed E-state index contributed by atoms with van der Waals surface area (Å²) in [5, 5.41) is 14.3. The molecule has 1 rings (SSSR count). The van der Waals surface area contributed by atoms with E-state index in [1.165, 1.54) is 0 Å². The topological polar surface area (TPSA) is 100 Å². The number of carbonyl (C=O) groups excluding carboxylic acids is 1. The van der Waals surface area contributed by atoms with E-state index in [4.69, 9.17) is 15.7 Å². The molecular weight excluding hydrogens is 260 g/mol. The van der Waals surface area contributed by atoms with Crippen molar-refractivity contribution in [3.63, 3.8) is 0 Å². The molecule has 0 unspecified atom stereocenters. The minimum absolute atomic E-state index is 0.0615. The fourth-order valence-corrected chi connectivity index (χ4v) is 1.47. The lowest BCUT2D eigenvalue weighted by molar-refractivity contribution is -0.123. The van der Waals surface area contributed by atoms with Gasteiger partial charge in [-0.05, 0) is 26.2 Å². The fourth-order valence-electron chi connectivity index (χ4n) is 1.47. The summed E-state index contributed by atoms with van der Waals surface area (Å²) in [7, 11) is 3.85. The molecule has 0 aliphatic carbocycles. The number of rotatable bonds is 7. The molecule has 0 saturated carbocycles. The molecule has 4 N–H and O–H groups in total. The molecule has 7 nitrogen and oxygen atoms in total. The molecule has 0 aliphatic heterocycles. The third-order valence-electron chi connectivity index (χ3n) is 2.51. The number of oxime groups is 1. The average Bonchev–Trinajstić information content (AvgIpc) is 2.44. The smallest absolute Gasteiger partial charge is 0.257 e. The number of benzene rings is 1. The van der Waals surface area contributed by atoms with Gasteiger partial charge in [0.1, 0.15) is 5.75 Å². The molecule has 0 aromatic heterocycles. The first-order valence-corrected chi connectivity index (χ1v) is 6.15. The van der Waals surface area contributed by atoms with Crippen LogP contribution in [0, 0.1) is 0 Å². The molecule has 0 spiro atoms. The molecule has 0 fully saturated rings. The van der Waals surface area contributed by atoms with Crippen molar-refractivity contribution in [3.8, 4) is 5.75 Å². The standard InChI is InChI=1S/C13H20N4O3/c1-17(2)8-7-15-12(18)9-20-11-6-4-3-5-10(11)13(14)16-19/h3-6,19H,7-9H2,1-2H3,(H2,14,16)(H,15,18). The molecular formula is C13H20N4O3. The lowest BCUT2D eigenvalue weighted by atomic mass is 10.2. The number of nitrogens with one attached hydrogen (secondary N) is 1. The Morgan fingerprint density at radius 1 is 1.45 bits per heavy atom. The van der Waals surface area contributed by atoms with Gasteiger partial charge >= 0.3 is 0 Å². The molecule has 1 aromatic rings. The van der Waals surface area contributed by atoms with E-state index in [0.29, 0.717) is 17.9 Å². The van der Waals surface area contributed by atoms with E-state index in [2.05, 4.69) is 10.5 Å². The van der Waals surface area contributed by atoms with Crippen molar-refractivity contribution in [1.82, 2.24) is 10.2 Å². The van der Waals surface area contributed by atoms with Gasteiger partial charge in [0, 0.05) is 13.1 Å². The molecule has 0 heterocycles. The Hall–Kier alpha value is -2.28. The number of para-hydroxylation sites is 1. The van der Waals surface area contributed by atoms with Crippen molar-refractivity contribution < 1.29 is 14.7 Å². The van der Waals surface area contributed by atoms with Crippen LogP contribution in [0.2, 0.25) is 0 Å². The van der Waals surface area contributed by atoms with Crippen LogP contribution < -0.4 is 15.8 Å². The van der Waals surface area contributed by atoms with Gasteiger partial charge in [0.15, 0.2) is 12.4 Å². The third-order valence-corrected chi connectivity index (χ3v) is 2.51. The van der Waals surface area contributed by atoms with Gasteiger partial charge in [-0.2, -0.15) is 0 Å². The van der Waals surface area contributed by atoms with Crippen LogP contribution in [0.4, 0.5) is 0 Å². The number of hydrogen-bond donors (Lipinski definition) is 3. The zero-order valence-corrected chi connectivity index (χ0v) is 11.7. The van der Waals surface area contributed by atoms with Gasteiger partial charge in [-0.15, -0.1) is 0 Å². The van der Waals surface area contributed by atoms with Crippen LogP contribution in [-0.2, 0) is 4.79 Å². The summed E-state index contributed by atoms with van der Waals surface area (Å²) < 4.78 is 5.38. The van der Waals surface area contributed by atoms with E-state index in [-0.39, 0.29) is 18.3 Å².